The summed E-state index contributed by atoms with van der Waals surface area (Å²) in [5.74, 6) is -0.00531. The van der Waals surface area contributed by atoms with Gasteiger partial charge in [0, 0.05) is 19.1 Å². The van der Waals surface area contributed by atoms with Crippen LogP contribution in [0.15, 0.2) is 18.2 Å². The van der Waals surface area contributed by atoms with E-state index in [1.165, 1.54) is 12.1 Å². The summed E-state index contributed by atoms with van der Waals surface area (Å²) in [6.45, 7) is 3.23. The number of likely N-dealkylation sites (N-methyl/N-ethyl adjacent to an activating group) is 1. The fourth-order valence-electron chi connectivity index (χ4n) is 2.90. The number of benzene rings is 1. The lowest BCUT2D eigenvalue weighted by atomic mass is 10.1. The summed E-state index contributed by atoms with van der Waals surface area (Å²) in [7, 11) is 3.94. The minimum atomic E-state index is -0.592. The first-order chi connectivity index (χ1) is 9.82. The number of amides is 1. The Morgan fingerprint density at radius 2 is 2.10 bits per heavy atom. The van der Waals surface area contributed by atoms with Crippen molar-refractivity contribution in [2.75, 3.05) is 32.9 Å². The van der Waals surface area contributed by atoms with Gasteiger partial charge in [-0.05, 0) is 32.1 Å². The average Bonchev–Trinajstić information content (AvgIpc) is 2.79. The molecule has 0 aliphatic carbocycles. The van der Waals surface area contributed by atoms with Crippen molar-refractivity contribution in [2.45, 2.75) is 13.0 Å². The molecule has 0 saturated carbocycles. The molecule has 1 aromatic rings. The van der Waals surface area contributed by atoms with Crippen LogP contribution >= 0.6 is 0 Å². The number of rotatable bonds is 3. The van der Waals surface area contributed by atoms with Gasteiger partial charge in [0.25, 0.3) is 5.91 Å². The summed E-state index contributed by atoms with van der Waals surface area (Å²) >= 11 is 0. The van der Waals surface area contributed by atoms with Crippen LogP contribution in [0.5, 0.6) is 0 Å². The molecule has 2 N–H and O–H groups in total. The van der Waals surface area contributed by atoms with Crippen LogP contribution < -0.4 is 5.73 Å². The second-order valence-electron chi connectivity index (χ2n) is 5.72. The summed E-state index contributed by atoms with van der Waals surface area (Å²) in [5.41, 5.74) is 5.42. The Hall–Kier alpha value is -2.15. The molecule has 0 bridgehead atoms. The highest BCUT2D eigenvalue weighted by molar-refractivity contribution is 6.00. The molecular formula is C14H20N4O3. The number of anilines is 1. The summed E-state index contributed by atoms with van der Waals surface area (Å²) in [4.78, 5) is 26.9. The van der Waals surface area contributed by atoms with Gasteiger partial charge >= 0.3 is 5.69 Å². The highest BCUT2D eigenvalue weighted by Crippen LogP contribution is 2.29. The fraction of sp³-hybridized carbons (Fsp3) is 0.500. The Morgan fingerprint density at radius 3 is 2.62 bits per heavy atom. The van der Waals surface area contributed by atoms with E-state index in [9.17, 15) is 14.9 Å². The molecule has 0 radical (unpaired) electrons. The molecule has 1 heterocycles. The Balaban J connectivity index is 2.30. The maximum absolute atomic E-state index is 12.6. The maximum atomic E-state index is 12.6. The van der Waals surface area contributed by atoms with Crippen LogP contribution in [-0.4, -0.2) is 53.9 Å². The number of nitrogen functional groups attached to an aromatic ring is 1. The third-order valence-electron chi connectivity index (χ3n) is 4.00. The minimum Gasteiger partial charge on any atom is -0.393 e. The number of hydrogen-bond donors (Lipinski definition) is 1. The quantitative estimate of drug-likeness (QED) is 0.513. The third-order valence-corrected chi connectivity index (χ3v) is 4.00. The molecule has 7 heteroatoms. The first kappa shape index (κ1) is 15.2. The van der Waals surface area contributed by atoms with Crippen LogP contribution in [0.3, 0.4) is 0 Å². The van der Waals surface area contributed by atoms with Gasteiger partial charge < -0.3 is 15.5 Å². The van der Waals surface area contributed by atoms with Crippen LogP contribution in [-0.2, 0) is 0 Å². The zero-order valence-corrected chi connectivity index (χ0v) is 12.4. The lowest BCUT2D eigenvalue weighted by Crippen LogP contribution is -2.36. The van der Waals surface area contributed by atoms with E-state index in [1.807, 2.05) is 14.1 Å². The molecule has 2 unspecified atom stereocenters. The molecule has 21 heavy (non-hydrogen) atoms. The molecule has 0 aromatic heterocycles. The van der Waals surface area contributed by atoms with Crippen LogP contribution in [0, 0.1) is 16.0 Å². The van der Waals surface area contributed by atoms with Crippen LogP contribution in [0.1, 0.15) is 17.3 Å². The molecule has 1 aliphatic rings. The summed E-state index contributed by atoms with van der Waals surface area (Å²) < 4.78 is 0. The molecule has 7 nitrogen and oxygen atoms in total. The number of nitro groups is 1. The van der Waals surface area contributed by atoms with E-state index in [1.54, 1.807) is 11.0 Å². The molecular weight excluding hydrogens is 272 g/mol. The van der Waals surface area contributed by atoms with Gasteiger partial charge in [-0.2, -0.15) is 0 Å². The van der Waals surface area contributed by atoms with Crippen LogP contribution in [0.2, 0.25) is 0 Å². The Labute approximate surface area is 123 Å². The van der Waals surface area contributed by atoms with E-state index in [2.05, 4.69) is 11.8 Å². The molecule has 1 aromatic carbocycles. The van der Waals surface area contributed by atoms with E-state index >= 15 is 0 Å². The van der Waals surface area contributed by atoms with Gasteiger partial charge in [-0.3, -0.25) is 14.9 Å². The molecule has 1 fully saturated rings. The van der Waals surface area contributed by atoms with Crippen molar-refractivity contribution < 1.29 is 9.72 Å². The number of para-hydroxylation sites is 1. The SMILES string of the molecule is CC1CN(C(=O)c2cccc(N)c2[N+](=O)[O-])CC1N(C)C. The smallest absolute Gasteiger partial charge is 0.304 e. The minimum absolute atomic E-state index is 0.0160. The maximum Gasteiger partial charge on any atom is 0.304 e. The lowest BCUT2D eigenvalue weighted by molar-refractivity contribution is -0.384. The molecule has 2 atom stereocenters. The molecule has 1 saturated heterocycles. The van der Waals surface area contributed by atoms with Crippen molar-refractivity contribution in [3.63, 3.8) is 0 Å². The number of nitrogens with two attached hydrogens (primary N) is 1. The topological polar surface area (TPSA) is 92.7 Å². The predicted octanol–water partition coefficient (Wildman–Crippen LogP) is 1.20. The van der Waals surface area contributed by atoms with E-state index in [4.69, 9.17) is 5.73 Å². The van der Waals surface area contributed by atoms with E-state index in [0.29, 0.717) is 19.0 Å². The fourth-order valence-corrected chi connectivity index (χ4v) is 2.90. The zero-order chi connectivity index (χ0) is 15.7. The number of hydrogen-bond acceptors (Lipinski definition) is 5. The van der Waals surface area contributed by atoms with E-state index in [0.717, 1.165) is 0 Å². The summed E-state index contributed by atoms with van der Waals surface area (Å²) in [6.07, 6.45) is 0. The second-order valence-corrected chi connectivity index (χ2v) is 5.72. The molecule has 0 spiro atoms. The molecule has 1 amide bonds. The van der Waals surface area contributed by atoms with Crippen molar-refractivity contribution in [2.24, 2.45) is 5.92 Å². The van der Waals surface area contributed by atoms with Crippen molar-refractivity contribution in [1.29, 1.82) is 0 Å². The van der Waals surface area contributed by atoms with Gasteiger partial charge in [0.1, 0.15) is 11.3 Å². The van der Waals surface area contributed by atoms with Gasteiger partial charge in [-0.1, -0.05) is 13.0 Å². The average molecular weight is 292 g/mol. The van der Waals surface area contributed by atoms with Crippen molar-refractivity contribution >= 4 is 17.3 Å². The molecule has 114 valence electrons. The standard InChI is InChI=1S/C14H20N4O3/c1-9-7-17(8-12(9)16(2)3)14(19)10-5-4-6-11(15)13(10)18(20)21/h4-6,9,12H,7-8,15H2,1-3H3. The highest BCUT2D eigenvalue weighted by Gasteiger charge is 2.36. The van der Waals surface area contributed by atoms with E-state index in [-0.39, 0.29) is 28.9 Å². The van der Waals surface area contributed by atoms with Gasteiger partial charge in [0.05, 0.1) is 4.92 Å². The Kier molecular flexibility index (Phi) is 4.13. The molecule has 1 aliphatic heterocycles. The van der Waals surface area contributed by atoms with Gasteiger partial charge in [-0.25, -0.2) is 0 Å². The number of likely N-dealkylation sites (tertiary alicyclic amines) is 1. The van der Waals surface area contributed by atoms with Gasteiger partial charge in [0.2, 0.25) is 0 Å². The van der Waals surface area contributed by atoms with Crippen LogP contribution in [0.4, 0.5) is 11.4 Å². The Morgan fingerprint density at radius 1 is 1.43 bits per heavy atom. The lowest BCUT2D eigenvalue weighted by Gasteiger charge is -2.22. The van der Waals surface area contributed by atoms with Crippen molar-refractivity contribution in [3.05, 3.63) is 33.9 Å². The largest absolute Gasteiger partial charge is 0.393 e. The van der Waals surface area contributed by atoms with Crippen LogP contribution in [0.25, 0.3) is 0 Å². The highest BCUT2D eigenvalue weighted by atomic mass is 16.6. The van der Waals surface area contributed by atoms with E-state index < -0.39 is 4.92 Å². The van der Waals surface area contributed by atoms with Gasteiger partial charge in [0.15, 0.2) is 0 Å². The van der Waals surface area contributed by atoms with Crippen molar-refractivity contribution in [1.82, 2.24) is 9.80 Å². The normalized spacial score (nSPS) is 21.8. The predicted molar refractivity (Wildman–Crippen MR) is 80.1 cm³/mol. The monoisotopic (exact) mass is 292 g/mol. The number of carbonyl (C=O) groups is 1. The first-order valence-electron chi connectivity index (χ1n) is 6.81. The Bertz CT molecular complexity index is 573. The molecule has 2 rings (SSSR count). The number of nitro benzene ring substituents is 1. The first-order valence-corrected chi connectivity index (χ1v) is 6.81. The van der Waals surface area contributed by atoms with Crippen molar-refractivity contribution in [3.8, 4) is 0 Å². The third kappa shape index (κ3) is 2.82. The van der Waals surface area contributed by atoms with Gasteiger partial charge in [-0.15, -0.1) is 0 Å². The zero-order valence-electron chi connectivity index (χ0n) is 12.4. The number of nitrogens with zero attached hydrogens (tertiary/aromatic N) is 3. The summed E-state index contributed by atoms with van der Waals surface area (Å²) in [5, 5.41) is 11.1. The summed E-state index contributed by atoms with van der Waals surface area (Å²) in [6, 6.07) is 4.72. The second kappa shape index (κ2) is 5.69. The number of carbonyl (C=O) groups excluding carboxylic acids is 1.